The Balaban J connectivity index is 2.22. The van der Waals surface area contributed by atoms with E-state index in [4.69, 9.17) is 10.2 Å². The fraction of sp³-hybridized carbons (Fsp3) is 1.00. The maximum absolute atomic E-state index is 8.94. The van der Waals surface area contributed by atoms with Crippen molar-refractivity contribution < 1.29 is 10.2 Å². The molecule has 0 spiro atoms. The van der Waals surface area contributed by atoms with Crippen LogP contribution in [-0.4, -0.2) is 37.9 Å². The van der Waals surface area contributed by atoms with Gasteiger partial charge in [0.1, 0.15) is 0 Å². The fourth-order valence-corrected chi connectivity index (χ4v) is 3.11. The number of rotatable bonds is 1. The van der Waals surface area contributed by atoms with Crippen LogP contribution in [0.15, 0.2) is 0 Å². The second kappa shape index (κ2) is 2.83. The number of aliphatic hydroxyl groups excluding tert-OH is 2. The molecule has 0 bridgehead atoms. The van der Waals surface area contributed by atoms with Gasteiger partial charge >= 0.3 is 54.4 Å². The molecule has 0 aromatic carbocycles. The van der Waals surface area contributed by atoms with Gasteiger partial charge in [0.15, 0.2) is 0 Å². The standard InChI is InChI=1S/C5H10O2Se/c6-2-5-1-4(7)3-8-5/h4-7H,1-3H2. The van der Waals surface area contributed by atoms with Crippen molar-refractivity contribution in [2.75, 3.05) is 6.61 Å². The molecule has 0 aromatic heterocycles. The second-order valence-electron chi connectivity index (χ2n) is 2.03. The Kier molecular flexibility index (Phi) is 2.32. The molecular weight excluding hydrogens is 171 g/mol. The summed E-state index contributed by atoms with van der Waals surface area (Å²) < 4.78 is 0. The molecule has 0 saturated carbocycles. The molecule has 2 atom stereocenters. The van der Waals surface area contributed by atoms with Crippen LogP contribution >= 0.6 is 0 Å². The van der Waals surface area contributed by atoms with Crippen LogP contribution in [0, 0.1) is 0 Å². The van der Waals surface area contributed by atoms with Crippen molar-refractivity contribution in [1.82, 2.24) is 0 Å². The zero-order chi connectivity index (χ0) is 5.98. The van der Waals surface area contributed by atoms with E-state index in [1.165, 1.54) is 0 Å². The van der Waals surface area contributed by atoms with E-state index in [-0.39, 0.29) is 12.7 Å². The van der Waals surface area contributed by atoms with E-state index in [1.807, 2.05) is 0 Å². The molecule has 0 radical (unpaired) electrons. The Labute approximate surface area is 55.1 Å². The molecule has 48 valence electrons. The van der Waals surface area contributed by atoms with E-state index >= 15 is 0 Å². The first-order chi connectivity index (χ1) is 3.83. The summed E-state index contributed by atoms with van der Waals surface area (Å²) in [5.41, 5.74) is 0. The molecule has 2 unspecified atom stereocenters. The first kappa shape index (κ1) is 6.56. The molecule has 1 saturated heterocycles. The van der Waals surface area contributed by atoms with Gasteiger partial charge in [-0.3, -0.25) is 0 Å². The van der Waals surface area contributed by atoms with Gasteiger partial charge in [0.25, 0.3) is 0 Å². The van der Waals surface area contributed by atoms with Crippen molar-refractivity contribution in [3.63, 3.8) is 0 Å². The summed E-state index contributed by atoms with van der Waals surface area (Å²) in [6.45, 7) is 0.275. The van der Waals surface area contributed by atoms with E-state index in [0.29, 0.717) is 19.8 Å². The molecule has 0 amide bonds. The third kappa shape index (κ3) is 1.46. The van der Waals surface area contributed by atoms with Crippen LogP contribution in [0.3, 0.4) is 0 Å². The average molecular weight is 181 g/mol. The first-order valence-electron chi connectivity index (χ1n) is 2.73. The predicted molar refractivity (Wildman–Crippen MR) is 32.0 cm³/mol. The topological polar surface area (TPSA) is 40.5 Å². The maximum atomic E-state index is 8.94. The van der Waals surface area contributed by atoms with Crippen molar-refractivity contribution in [3.05, 3.63) is 0 Å². The van der Waals surface area contributed by atoms with Crippen LogP contribution < -0.4 is 0 Å². The van der Waals surface area contributed by atoms with Crippen LogP contribution in [0.4, 0.5) is 0 Å². The van der Waals surface area contributed by atoms with Crippen molar-refractivity contribution in [3.8, 4) is 0 Å². The van der Waals surface area contributed by atoms with Gasteiger partial charge in [-0.1, -0.05) is 0 Å². The van der Waals surface area contributed by atoms with Crippen molar-refractivity contribution >= 4 is 15.0 Å². The molecule has 1 aliphatic rings. The van der Waals surface area contributed by atoms with E-state index < -0.39 is 0 Å². The van der Waals surface area contributed by atoms with Gasteiger partial charge in [-0.25, -0.2) is 0 Å². The van der Waals surface area contributed by atoms with Crippen molar-refractivity contribution in [2.45, 2.75) is 22.7 Å². The molecule has 3 heteroatoms. The molecule has 8 heavy (non-hydrogen) atoms. The van der Waals surface area contributed by atoms with Gasteiger partial charge in [-0.05, 0) is 0 Å². The Morgan fingerprint density at radius 1 is 1.62 bits per heavy atom. The molecular formula is C5H10O2Se. The predicted octanol–water partition coefficient (Wildman–Crippen LogP) is -0.346. The summed E-state index contributed by atoms with van der Waals surface area (Å²) in [5, 5.41) is 18.5. The summed E-state index contributed by atoms with van der Waals surface area (Å²) in [7, 11) is 0. The molecule has 0 aliphatic carbocycles. The average Bonchev–Trinajstić information content (AvgIpc) is 2.14. The van der Waals surface area contributed by atoms with E-state index in [0.717, 1.165) is 11.7 Å². The Bertz CT molecular complexity index is 76.8. The number of hydrogen-bond acceptors (Lipinski definition) is 2. The van der Waals surface area contributed by atoms with Gasteiger partial charge in [0.05, 0.1) is 0 Å². The van der Waals surface area contributed by atoms with Crippen molar-refractivity contribution in [2.24, 2.45) is 0 Å². The SMILES string of the molecule is OCC1CC(O)C[Se]1. The molecule has 1 heterocycles. The fourth-order valence-electron chi connectivity index (χ4n) is 0.814. The quantitative estimate of drug-likeness (QED) is 0.543. The summed E-state index contributed by atoms with van der Waals surface area (Å²) >= 11 is 0.508. The van der Waals surface area contributed by atoms with Gasteiger partial charge in [-0.15, -0.1) is 0 Å². The molecule has 1 rings (SSSR count). The minimum absolute atomic E-state index is 0.104. The van der Waals surface area contributed by atoms with Crippen LogP contribution in [0.25, 0.3) is 0 Å². The van der Waals surface area contributed by atoms with Gasteiger partial charge in [0, 0.05) is 0 Å². The van der Waals surface area contributed by atoms with Crippen LogP contribution in [0.1, 0.15) is 6.42 Å². The Hall–Kier alpha value is 0.439. The summed E-state index contributed by atoms with van der Waals surface area (Å²) in [5.74, 6) is 0. The molecule has 1 aliphatic heterocycles. The molecule has 2 nitrogen and oxygen atoms in total. The monoisotopic (exact) mass is 182 g/mol. The molecule has 2 N–H and O–H groups in total. The Morgan fingerprint density at radius 3 is 2.62 bits per heavy atom. The third-order valence-electron chi connectivity index (χ3n) is 1.26. The van der Waals surface area contributed by atoms with Gasteiger partial charge < -0.3 is 0 Å². The summed E-state index contributed by atoms with van der Waals surface area (Å²) in [6, 6.07) is 0. The minimum atomic E-state index is -0.104. The van der Waals surface area contributed by atoms with Gasteiger partial charge in [-0.2, -0.15) is 0 Å². The third-order valence-corrected chi connectivity index (χ3v) is 4.18. The molecule has 0 aromatic rings. The zero-order valence-corrected chi connectivity index (χ0v) is 6.29. The van der Waals surface area contributed by atoms with Crippen LogP contribution in [-0.2, 0) is 0 Å². The normalized spacial score (nSPS) is 38.2. The first-order valence-corrected chi connectivity index (χ1v) is 4.93. The number of aliphatic hydroxyl groups is 2. The number of hydrogen-bond donors (Lipinski definition) is 2. The van der Waals surface area contributed by atoms with Crippen LogP contribution in [0.2, 0.25) is 10.1 Å². The molecule has 1 fully saturated rings. The summed E-state index contributed by atoms with van der Waals surface area (Å²) in [6.07, 6.45) is 0.725. The van der Waals surface area contributed by atoms with Gasteiger partial charge in [0.2, 0.25) is 0 Å². The second-order valence-corrected chi connectivity index (χ2v) is 4.82. The Morgan fingerprint density at radius 2 is 2.38 bits per heavy atom. The van der Waals surface area contributed by atoms with E-state index in [2.05, 4.69) is 0 Å². The van der Waals surface area contributed by atoms with Crippen LogP contribution in [0.5, 0.6) is 0 Å². The zero-order valence-electron chi connectivity index (χ0n) is 4.58. The van der Waals surface area contributed by atoms with E-state index in [1.54, 1.807) is 0 Å². The summed E-state index contributed by atoms with van der Waals surface area (Å²) in [4.78, 5) is 0.442. The van der Waals surface area contributed by atoms with Crippen molar-refractivity contribution in [1.29, 1.82) is 0 Å². The van der Waals surface area contributed by atoms with E-state index in [9.17, 15) is 0 Å².